The van der Waals surface area contributed by atoms with Crippen LogP contribution in [0.3, 0.4) is 0 Å². The SMILES string of the molecule is Nc1ccccc1CN(Cc1ccccn1)Cc1ccccn1. The first-order valence-electron chi connectivity index (χ1n) is 7.67. The van der Waals surface area contributed by atoms with E-state index < -0.39 is 0 Å². The Labute approximate surface area is 136 Å². The van der Waals surface area contributed by atoms with Crippen LogP contribution in [0.5, 0.6) is 0 Å². The van der Waals surface area contributed by atoms with Gasteiger partial charge in [-0.05, 0) is 35.9 Å². The minimum atomic E-state index is 0.756. The predicted octanol–water partition coefficient (Wildman–Crippen LogP) is 3.26. The van der Waals surface area contributed by atoms with Crippen molar-refractivity contribution in [2.75, 3.05) is 5.73 Å². The van der Waals surface area contributed by atoms with Crippen LogP contribution >= 0.6 is 0 Å². The van der Waals surface area contributed by atoms with Crippen LogP contribution in [-0.2, 0) is 19.6 Å². The summed E-state index contributed by atoms with van der Waals surface area (Å²) in [5.74, 6) is 0. The van der Waals surface area contributed by atoms with E-state index in [9.17, 15) is 0 Å². The smallest absolute Gasteiger partial charge is 0.0544 e. The fourth-order valence-corrected chi connectivity index (χ4v) is 2.53. The number of nitrogens with two attached hydrogens (primary N) is 1. The van der Waals surface area contributed by atoms with Crippen molar-refractivity contribution < 1.29 is 0 Å². The largest absolute Gasteiger partial charge is 0.398 e. The summed E-state index contributed by atoms with van der Waals surface area (Å²) < 4.78 is 0. The molecule has 0 aliphatic carbocycles. The number of anilines is 1. The van der Waals surface area contributed by atoms with Gasteiger partial charge in [-0.3, -0.25) is 14.9 Å². The standard InChI is InChI=1S/C19H20N4/c20-19-10-2-1-7-16(19)13-23(14-17-8-3-5-11-21-17)15-18-9-4-6-12-22-18/h1-12H,13-15,20H2. The van der Waals surface area contributed by atoms with Crippen LogP contribution in [0.25, 0.3) is 0 Å². The van der Waals surface area contributed by atoms with E-state index in [1.54, 1.807) is 0 Å². The number of aromatic nitrogens is 2. The summed E-state index contributed by atoms with van der Waals surface area (Å²) in [5, 5.41) is 0. The molecule has 2 heterocycles. The summed E-state index contributed by atoms with van der Waals surface area (Å²) in [6.07, 6.45) is 3.65. The van der Waals surface area contributed by atoms with Gasteiger partial charge >= 0.3 is 0 Å². The van der Waals surface area contributed by atoms with Crippen LogP contribution < -0.4 is 5.73 Å². The molecule has 0 radical (unpaired) electrons. The molecule has 0 atom stereocenters. The molecule has 23 heavy (non-hydrogen) atoms. The molecule has 0 spiro atoms. The number of benzene rings is 1. The number of nitrogens with zero attached hydrogens (tertiary/aromatic N) is 3. The average Bonchev–Trinajstić information content (AvgIpc) is 2.59. The Hall–Kier alpha value is -2.72. The molecular weight excluding hydrogens is 284 g/mol. The Morgan fingerprint density at radius 3 is 1.78 bits per heavy atom. The lowest BCUT2D eigenvalue weighted by Gasteiger charge is -2.22. The lowest BCUT2D eigenvalue weighted by Crippen LogP contribution is -2.24. The predicted molar refractivity (Wildman–Crippen MR) is 92.3 cm³/mol. The van der Waals surface area contributed by atoms with Crippen LogP contribution in [0.2, 0.25) is 0 Å². The summed E-state index contributed by atoms with van der Waals surface area (Å²) in [5.41, 5.74) is 10.1. The highest BCUT2D eigenvalue weighted by Crippen LogP contribution is 2.16. The van der Waals surface area contributed by atoms with Gasteiger partial charge in [-0.2, -0.15) is 0 Å². The number of hydrogen-bond acceptors (Lipinski definition) is 4. The molecule has 0 saturated heterocycles. The van der Waals surface area contributed by atoms with Crippen molar-refractivity contribution in [3.63, 3.8) is 0 Å². The Morgan fingerprint density at radius 2 is 1.26 bits per heavy atom. The van der Waals surface area contributed by atoms with Gasteiger partial charge in [0, 0.05) is 37.7 Å². The van der Waals surface area contributed by atoms with Gasteiger partial charge in [-0.1, -0.05) is 30.3 Å². The Kier molecular flexibility index (Phi) is 4.96. The van der Waals surface area contributed by atoms with E-state index in [4.69, 9.17) is 5.73 Å². The van der Waals surface area contributed by atoms with Crippen molar-refractivity contribution in [3.05, 3.63) is 90.0 Å². The molecule has 4 heteroatoms. The summed E-state index contributed by atoms with van der Waals surface area (Å²) in [4.78, 5) is 11.2. The van der Waals surface area contributed by atoms with Gasteiger partial charge in [0.25, 0.3) is 0 Å². The second-order valence-electron chi connectivity index (χ2n) is 5.49. The first-order chi connectivity index (χ1) is 11.3. The molecule has 2 N–H and O–H groups in total. The molecule has 0 saturated carbocycles. The molecule has 0 aliphatic rings. The highest BCUT2D eigenvalue weighted by atomic mass is 15.1. The van der Waals surface area contributed by atoms with E-state index in [2.05, 4.69) is 20.9 Å². The van der Waals surface area contributed by atoms with Crippen LogP contribution in [-0.4, -0.2) is 14.9 Å². The quantitative estimate of drug-likeness (QED) is 0.710. The maximum atomic E-state index is 6.10. The maximum absolute atomic E-state index is 6.10. The zero-order valence-electron chi connectivity index (χ0n) is 13.0. The van der Waals surface area contributed by atoms with E-state index in [-0.39, 0.29) is 0 Å². The van der Waals surface area contributed by atoms with E-state index in [0.29, 0.717) is 0 Å². The summed E-state index contributed by atoms with van der Waals surface area (Å²) >= 11 is 0. The molecule has 0 bridgehead atoms. The lowest BCUT2D eigenvalue weighted by atomic mass is 10.1. The molecule has 0 amide bonds. The molecule has 0 unspecified atom stereocenters. The Balaban J connectivity index is 1.79. The van der Waals surface area contributed by atoms with Crippen molar-refractivity contribution >= 4 is 5.69 Å². The maximum Gasteiger partial charge on any atom is 0.0544 e. The number of rotatable bonds is 6. The fourth-order valence-electron chi connectivity index (χ4n) is 2.53. The third-order valence-electron chi connectivity index (χ3n) is 3.67. The zero-order chi connectivity index (χ0) is 15.9. The minimum Gasteiger partial charge on any atom is -0.398 e. The first-order valence-corrected chi connectivity index (χ1v) is 7.67. The molecule has 4 nitrogen and oxygen atoms in total. The molecule has 3 rings (SSSR count). The van der Waals surface area contributed by atoms with E-state index in [1.807, 2.05) is 67.0 Å². The second-order valence-corrected chi connectivity index (χ2v) is 5.49. The van der Waals surface area contributed by atoms with Gasteiger partial charge in [0.05, 0.1) is 11.4 Å². The number of pyridine rings is 2. The normalized spacial score (nSPS) is 10.8. The van der Waals surface area contributed by atoms with Gasteiger partial charge in [-0.15, -0.1) is 0 Å². The third kappa shape index (κ3) is 4.37. The molecule has 2 aromatic heterocycles. The highest BCUT2D eigenvalue weighted by molar-refractivity contribution is 5.46. The Morgan fingerprint density at radius 1 is 0.696 bits per heavy atom. The molecule has 3 aromatic rings. The number of hydrogen-bond donors (Lipinski definition) is 1. The van der Waals surface area contributed by atoms with Crippen molar-refractivity contribution in [2.45, 2.75) is 19.6 Å². The van der Waals surface area contributed by atoms with Gasteiger partial charge in [0.15, 0.2) is 0 Å². The number of para-hydroxylation sites is 1. The number of nitrogen functional groups attached to an aromatic ring is 1. The van der Waals surface area contributed by atoms with Gasteiger partial charge in [0.1, 0.15) is 0 Å². The van der Waals surface area contributed by atoms with Crippen molar-refractivity contribution in [1.29, 1.82) is 0 Å². The molecule has 116 valence electrons. The molecule has 1 aromatic carbocycles. The summed E-state index contributed by atoms with van der Waals surface area (Å²) in [6.45, 7) is 2.28. The monoisotopic (exact) mass is 304 g/mol. The van der Waals surface area contributed by atoms with Gasteiger partial charge < -0.3 is 5.73 Å². The average molecular weight is 304 g/mol. The van der Waals surface area contributed by atoms with Crippen molar-refractivity contribution in [2.24, 2.45) is 0 Å². The van der Waals surface area contributed by atoms with Gasteiger partial charge in [0.2, 0.25) is 0 Å². The topological polar surface area (TPSA) is 55.0 Å². The lowest BCUT2D eigenvalue weighted by molar-refractivity contribution is 0.242. The second kappa shape index (κ2) is 7.51. The molecule has 0 aliphatic heterocycles. The van der Waals surface area contributed by atoms with Crippen LogP contribution in [0.4, 0.5) is 5.69 Å². The Bertz CT molecular complexity index is 687. The van der Waals surface area contributed by atoms with Crippen LogP contribution in [0, 0.1) is 0 Å². The first kappa shape index (κ1) is 15.2. The van der Waals surface area contributed by atoms with E-state index >= 15 is 0 Å². The molecule has 0 fully saturated rings. The van der Waals surface area contributed by atoms with E-state index in [0.717, 1.165) is 42.3 Å². The van der Waals surface area contributed by atoms with Crippen LogP contribution in [0.1, 0.15) is 17.0 Å². The molecular formula is C19H20N4. The zero-order valence-corrected chi connectivity index (χ0v) is 13.0. The summed E-state index contributed by atoms with van der Waals surface area (Å²) in [6, 6.07) is 20.0. The van der Waals surface area contributed by atoms with Crippen molar-refractivity contribution in [1.82, 2.24) is 14.9 Å². The van der Waals surface area contributed by atoms with Gasteiger partial charge in [-0.25, -0.2) is 0 Å². The van der Waals surface area contributed by atoms with Crippen LogP contribution in [0.15, 0.2) is 73.1 Å². The minimum absolute atomic E-state index is 0.756. The summed E-state index contributed by atoms with van der Waals surface area (Å²) in [7, 11) is 0. The van der Waals surface area contributed by atoms with E-state index in [1.165, 1.54) is 0 Å². The van der Waals surface area contributed by atoms with Crippen molar-refractivity contribution in [3.8, 4) is 0 Å². The highest BCUT2D eigenvalue weighted by Gasteiger charge is 2.11. The third-order valence-corrected chi connectivity index (χ3v) is 3.67. The fraction of sp³-hybridized carbons (Fsp3) is 0.158.